The average Bonchev–Trinajstić information content (AvgIpc) is 2.15. The van der Waals surface area contributed by atoms with Crippen LogP contribution in [0, 0.1) is 5.92 Å². The van der Waals surface area contributed by atoms with Crippen molar-refractivity contribution in [3.63, 3.8) is 0 Å². The Kier molecular flexibility index (Phi) is 3.97. The van der Waals surface area contributed by atoms with Gasteiger partial charge in [0.25, 0.3) is 0 Å². The van der Waals surface area contributed by atoms with Crippen molar-refractivity contribution >= 4 is 0 Å². The second-order valence-corrected chi connectivity index (χ2v) is 3.78. The first kappa shape index (κ1) is 10.3. The molecule has 1 nitrogen and oxygen atoms in total. The maximum atomic E-state index is 5.69. The predicted octanol–water partition coefficient (Wildman–Crippen LogP) is 3.42. The van der Waals surface area contributed by atoms with E-state index in [9.17, 15) is 0 Å². The summed E-state index contributed by atoms with van der Waals surface area (Å²) in [5, 5.41) is 0. The molecule has 0 saturated heterocycles. The first-order valence-corrected chi connectivity index (χ1v) is 4.86. The minimum absolute atomic E-state index is 0.212. The highest BCUT2D eigenvalue weighted by Gasteiger charge is 2.04. The summed E-state index contributed by atoms with van der Waals surface area (Å²) in [6, 6.07) is 10.3. The molecule has 0 spiro atoms. The Labute approximate surface area is 80.7 Å². The lowest BCUT2D eigenvalue weighted by Crippen LogP contribution is -2.06. The summed E-state index contributed by atoms with van der Waals surface area (Å²) in [7, 11) is 0. The van der Waals surface area contributed by atoms with Crippen molar-refractivity contribution in [1.82, 2.24) is 0 Å². The smallest absolute Gasteiger partial charge is 0.0796 e. The Bertz CT molecular complexity index is 228. The van der Waals surface area contributed by atoms with Crippen molar-refractivity contribution in [2.45, 2.75) is 26.9 Å². The van der Waals surface area contributed by atoms with Crippen LogP contribution < -0.4 is 0 Å². The van der Waals surface area contributed by atoms with Crippen LogP contribution in [0.25, 0.3) is 0 Å². The zero-order valence-corrected chi connectivity index (χ0v) is 8.66. The van der Waals surface area contributed by atoms with Crippen molar-refractivity contribution in [3.05, 3.63) is 35.9 Å². The summed E-state index contributed by atoms with van der Waals surface area (Å²) in [4.78, 5) is 0. The van der Waals surface area contributed by atoms with E-state index in [1.54, 1.807) is 0 Å². The van der Waals surface area contributed by atoms with Crippen molar-refractivity contribution in [1.29, 1.82) is 0 Å². The Hall–Kier alpha value is -0.820. The van der Waals surface area contributed by atoms with E-state index in [0.717, 1.165) is 6.61 Å². The van der Waals surface area contributed by atoms with Gasteiger partial charge >= 0.3 is 0 Å². The van der Waals surface area contributed by atoms with Gasteiger partial charge in [0, 0.05) is 6.61 Å². The van der Waals surface area contributed by atoms with Crippen LogP contribution in [0.4, 0.5) is 0 Å². The molecule has 0 N–H and O–H groups in total. The largest absolute Gasteiger partial charge is 0.374 e. The minimum Gasteiger partial charge on any atom is -0.374 e. The van der Waals surface area contributed by atoms with E-state index in [1.807, 2.05) is 18.2 Å². The van der Waals surface area contributed by atoms with E-state index >= 15 is 0 Å². The molecule has 0 radical (unpaired) electrons. The molecule has 13 heavy (non-hydrogen) atoms. The van der Waals surface area contributed by atoms with Gasteiger partial charge in [0.2, 0.25) is 0 Å². The molecular formula is C12H18O. The molecular weight excluding hydrogens is 160 g/mol. The summed E-state index contributed by atoms with van der Waals surface area (Å²) in [6.07, 6.45) is 0.212. The standard InChI is InChI=1S/C12H18O/c1-10(2)9-13-11(3)12-7-5-4-6-8-12/h4-8,10-11H,9H2,1-3H3. The van der Waals surface area contributed by atoms with E-state index in [4.69, 9.17) is 4.74 Å². The zero-order chi connectivity index (χ0) is 9.68. The molecule has 1 aromatic rings. The van der Waals surface area contributed by atoms with Crippen LogP contribution >= 0.6 is 0 Å². The van der Waals surface area contributed by atoms with E-state index in [0.29, 0.717) is 5.92 Å². The Morgan fingerprint density at radius 1 is 1.08 bits per heavy atom. The Balaban J connectivity index is 2.44. The maximum absolute atomic E-state index is 5.69. The van der Waals surface area contributed by atoms with Gasteiger partial charge in [-0.2, -0.15) is 0 Å². The number of benzene rings is 1. The SMILES string of the molecule is CC(C)COC(C)c1ccccc1. The van der Waals surface area contributed by atoms with Crippen LogP contribution in [0.2, 0.25) is 0 Å². The highest BCUT2D eigenvalue weighted by atomic mass is 16.5. The maximum Gasteiger partial charge on any atom is 0.0796 e. The van der Waals surface area contributed by atoms with E-state index in [1.165, 1.54) is 5.56 Å². The van der Waals surface area contributed by atoms with Gasteiger partial charge in [-0.15, -0.1) is 0 Å². The highest BCUT2D eigenvalue weighted by Crippen LogP contribution is 2.16. The zero-order valence-electron chi connectivity index (χ0n) is 8.66. The number of hydrogen-bond acceptors (Lipinski definition) is 1. The molecule has 1 aromatic carbocycles. The normalized spacial score (nSPS) is 13.2. The topological polar surface area (TPSA) is 9.23 Å². The predicted molar refractivity (Wildman–Crippen MR) is 55.6 cm³/mol. The monoisotopic (exact) mass is 178 g/mol. The molecule has 0 aliphatic rings. The van der Waals surface area contributed by atoms with Gasteiger partial charge in [-0.05, 0) is 18.4 Å². The van der Waals surface area contributed by atoms with Crippen molar-refractivity contribution < 1.29 is 4.74 Å². The van der Waals surface area contributed by atoms with Crippen LogP contribution in [0.1, 0.15) is 32.4 Å². The van der Waals surface area contributed by atoms with Crippen LogP contribution in [0.5, 0.6) is 0 Å². The summed E-state index contributed by atoms with van der Waals surface area (Å²) in [5.74, 6) is 0.603. The third-order valence-corrected chi connectivity index (χ3v) is 1.95. The third-order valence-electron chi connectivity index (χ3n) is 1.95. The molecule has 1 heteroatoms. The molecule has 0 amide bonds. The molecule has 0 aromatic heterocycles. The lowest BCUT2D eigenvalue weighted by Gasteiger charge is -2.14. The van der Waals surface area contributed by atoms with E-state index in [2.05, 4.69) is 32.9 Å². The molecule has 1 unspecified atom stereocenters. The van der Waals surface area contributed by atoms with Gasteiger partial charge in [0.1, 0.15) is 0 Å². The van der Waals surface area contributed by atoms with Crippen molar-refractivity contribution in [2.75, 3.05) is 6.61 Å². The third kappa shape index (κ3) is 3.60. The first-order valence-electron chi connectivity index (χ1n) is 4.86. The average molecular weight is 178 g/mol. The van der Waals surface area contributed by atoms with Crippen LogP contribution in [0.15, 0.2) is 30.3 Å². The summed E-state index contributed by atoms with van der Waals surface area (Å²) in [6.45, 7) is 7.25. The fourth-order valence-electron chi connectivity index (χ4n) is 1.16. The van der Waals surface area contributed by atoms with Crippen LogP contribution in [-0.2, 0) is 4.74 Å². The molecule has 1 rings (SSSR count). The summed E-state index contributed by atoms with van der Waals surface area (Å²) < 4.78 is 5.69. The van der Waals surface area contributed by atoms with Crippen LogP contribution in [0.3, 0.4) is 0 Å². The Morgan fingerprint density at radius 3 is 2.23 bits per heavy atom. The molecule has 0 aliphatic carbocycles. The van der Waals surface area contributed by atoms with Gasteiger partial charge in [0.15, 0.2) is 0 Å². The highest BCUT2D eigenvalue weighted by molar-refractivity contribution is 5.16. The van der Waals surface area contributed by atoms with Crippen molar-refractivity contribution in [2.24, 2.45) is 5.92 Å². The molecule has 0 aliphatic heterocycles. The summed E-state index contributed by atoms with van der Waals surface area (Å²) in [5.41, 5.74) is 1.25. The molecule has 0 fully saturated rings. The van der Waals surface area contributed by atoms with Gasteiger partial charge < -0.3 is 4.74 Å². The van der Waals surface area contributed by atoms with Gasteiger partial charge in [0.05, 0.1) is 6.10 Å². The molecule has 0 heterocycles. The van der Waals surface area contributed by atoms with Gasteiger partial charge in [-0.25, -0.2) is 0 Å². The molecule has 0 bridgehead atoms. The minimum atomic E-state index is 0.212. The second-order valence-electron chi connectivity index (χ2n) is 3.78. The lowest BCUT2D eigenvalue weighted by atomic mass is 10.1. The van der Waals surface area contributed by atoms with Crippen molar-refractivity contribution in [3.8, 4) is 0 Å². The molecule has 0 saturated carbocycles. The van der Waals surface area contributed by atoms with E-state index in [-0.39, 0.29) is 6.10 Å². The number of rotatable bonds is 4. The molecule has 72 valence electrons. The Morgan fingerprint density at radius 2 is 1.69 bits per heavy atom. The fourth-order valence-corrected chi connectivity index (χ4v) is 1.16. The van der Waals surface area contributed by atoms with Crippen LogP contribution in [-0.4, -0.2) is 6.61 Å². The van der Waals surface area contributed by atoms with E-state index < -0.39 is 0 Å². The second kappa shape index (κ2) is 5.03. The summed E-state index contributed by atoms with van der Waals surface area (Å²) >= 11 is 0. The molecule has 1 atom stereocenters. The first-order chi connectivity index (χ1) is 6.20. The lowest BCUT2D eigenvalue weighted by molar-refractivity contribution is 0.0470. The number of ether oxygens (including phenoxy) is 1. The van der Waals surface area contributed by atoms with Gasteiger partial charge in [-0.1, -0.05) is 44.2 Å². The van der Waals surface area contributed by atoms with Gasteiger partial charge in [-0.3, -0.25) is 0 Å². The number of hydrogen-bond donors (Lipinski definition) is 0. The quantitative estimate of drug-likeness (QED) is 0.686. The fraction of sp³-hybridized carbons (Fsp3) is 0.500.